The highest BCUT2D eigenvalue weighted by molar-refractivity contribution is 5.90. The minimum absolute atomic E-state index is 0.496. The first-order valence-electron chi connectivity index (χ1n) is 7.98. The normalized spacial score (nSPS) is 17.1. The number of rotatable bonds is 4. The Morgan fingerprint density at radius 1 is 1.24 bits per heavy atom. The van der Waals surface area contributed by atoms with Gasteiger partial charge in [-0.25, -0.2) is 0 Å². The number of allylic oxidation sites excluding steroid dienone is 2. The highest BCUT2D eigenvalue weighted by Crippen LogP contribution is 2.20. The Morgan fingerprint density at radius 3 is 2.88 bits per heavy atom. The molecule has 0 spiro atoms. The zero-order chi connectivity index (χ0) is 17.5. The van der Waals surface area contributed by atoms with Gasteiger partial charge in [0.05, 0.1) is 11.4 Å². The first-order chi connectivity index (χ1) is 12.3. The summed E-state index contributed by atoms with van der Waals surface area (Å²) in [5, 5.41) is 15.9. The van der Waals surface area contributed by atoms with Crippen LogP contribution in [0.3, 0.4) is 0 Å². The van der Waals surface area contributed by atoms with E-state index in [0.717, 1.165) is 23.3 Å². The van der Waals surface area contributed by atoms with Crippen LogP contribution in [-0.2, 0) is 6.42 Å². The minimum atomic E-state index is 0.496. The lowest BCUT2D eigenvalue weighted by molar-refractivity contribution is 0.906. The molecular formula is C19H18N6. The molecule has 2 aromatic rings. The Balaban J connectivity index is 1.79. The van der Waals surface area contributed by atoms with Crippen LogP contribution in [0.5, 0.6) is 0 Å². The number of nitrogens with zero attached hydrogens (tertiary/aromatic N) is 4. The summed E-state index contributed by atoms with van der Waals surface area (Å²) in [6.07, 6.45) is 7.91. The van der Waals surface area contributed by atoms with E-state index in [1.54, 1.807) is 12.4 Å². The molecule has 0 radical (unpaired) electrons. The van der Waals surface area contributed by atoms with Crippen LogP contribution in [0, 0.1) is 11.3 Å². The van der Waals surface area contributed by atoms with Crippen LogP contribution < -0.4 is 10.6 Å². The Hall–Kier alpha value is -3.46. The molecule has 6 nitrogen and oxygen atoms in total. The van der Waals surface area contributed by atoms with Crippen LogP contribution in [0.25, 0.3) is 5.57 Å². The summed E-state index contributed by atoms with van der Waals surface area (Å²) < 4.78 is 0. The summed E-state index contributed by atoms with van der Waals surface area (Å²) in [7, 11) is 0. The van der Waals surface area contributed by atoms with Crippen LogP contribution in [0.1, 0.15) is 18.2 Å². The molecule has 124 valence electrons. The largest absolute Gasteiger partial charge is 0.332 e. The first kappa shape index (κ1) is 16.4. The number of hydrogen-bond acceptors (Lipinski definition) is 4. The minimum Gasteiger partial charge on any atom is -0.332 e. The van der Waals surface area contributed by atoms with Gasteiger partial charge in [0, 0.05) is 31.3 Å². The van der Waals surface area contributed by atoms with Crippen LogP contribution in [0.2, 0.25) is 0 Å². The molecule has 0 saturated carbocycles. The van der Waals surface area contributed by atoms with Gasteiger partial charge in [-0.05, 0) is 42.7 Å². The highest BCUT2D eigenvalue weighted by atomic mass is 15.2. The zero-order valence-electron chi connectivity index (χ0n) is 13.9. The average molecular weight is 330 g/mol. The lowest BCUT2D eigenvalue weighted by Gasteiger charge is -2.21. The van der Waals surface area contributed by atoms with E-state index >= 15 is 0 Å². The lowest BCUT2D eigenvalue weighted by Crippen LogP contribution is -2.39. The molecule has 0 saturated heterocycles. The second-order valence-corrected chi connectivity index (χ2v) is 5.52. The molecule has 1 aliphatic rings. The topological polar surface area (TPSA) is 86.0 Å². The molecule has 0 fully saturated rings. The van der Waals surface area contributed by atoms with E-state index in [9.17, 15) is 5.26 Å². The van der Waals surface area contributed by atoms with Crippen molar-refractivity contribution in [1.82, 2.24) is 20.6 Å². The van der Waals surface area contributed by atoms with Gasteiger partial charge >= 0.3 is 0 Å². The van der Waals surface area contributed by atoms with Crippen molar-refractivity contribution < 1.29 is 0 Å². The molecule has 25 heavy (non-hydrogen) atoms. The van der Waals surface area contributed by atoms with Gasteiger partial charge in [0.2, 0.25) is 0 Å². The van der Waals surface area contributed by atoms with E-state index in [-0.39, 0.29) is 0 Å². The molecule has 0 amide bonds. The second-order valence-electron chi connectivity index (χ2n) is 5.52. The van der Waals surface area contributed by atoms with Gasteiger partial charge in [-0.2, -0.15) is 5.26 Å². The number of aliphatic imine (C=N–C) groups is 1. The number of hydrogen-bond donors (Lipinski definition) is 2. The summed E-state index contributed by atoms with van der Waals surface area (Å²) in [5.41, 5.74) is 3.91. The number of pyridine rings is 2. The molecular weight excluding hydrogens is 312 g/mol. The van der Waals surface area contributed by atoms with Crippen LogP contribution in [0.15, 0.2) is 71.4 Å². The fourth-order valence-electron chi connectivity index (χ4n) is 2.44. The Labute approximate surface area is 146 Å². The van der Waals surface area contributed by atoms with E-state index in [1.807, 2.05) is 49.7 Å². The molecule has 0 bridgehead atoms. The van der Waals surface area contributed by atoms with Gasteiger partial charge in [0.15, 0.2) is 5.96 Å². The number of nitriles is 1. The number of aromatic nitrogens is 2. The molecule has 2 aromatic heterocycles. The fourth-order valence-corrected chi connectivity index (χ4v) is 2.44. The van der Waals surface area contributed by atoms with Crippen molar-refractivity contribution in [1.29, 1.82) is 5.26 Å². The zero-order valence-corrected chi connectivity index (χ0v) is 13.9. The maximum Gasteiger partial charge on any atom is 0.199 e. The summed E-state index contributed by atoms with van der Waals surface area (Å²) in [4.78, 5) is 12.9. The quantitative estimate of drug-likeness (QED) is 0.841. The SMILES string of the molecule is CC1=CNC(=NCCc2cccnc2)NC1=C(C#N)c1ccccn1. The van der Waals surface area contributed by atoms with Gasteiger partial charge in [-0.15, -0.1) is 0 Å². The van der Waals surface area contributed by atoms with E-state index in [0.29, 0.717) is 23.8 Å². The van der Waals surface area contributed by atoms with Crippen LogP contribution in [-0.4, -0.2) is 22.5 Å². The predicted molar refractivity (Wildman–Crippen MR) is 97.0 cm³/mol. The molecule has 1 aliphatic heterocycles. The van der Waals surface area contributed by atoms with Crippen molar-refractivity contribution in [2.75, 3.05) is 6.54 Å². The van der Waals surface area contributed by atoms with Crippen molar-refractivity contribution in [3.63, 3.8) is 0 Å². The van der Waals surface area contributed by atoms with E-state index in [4.69, 9.17) is 0 Å². The maximum absolute atomic E-state index is 9.58. The second kappa shape index (κ2) is 7.88. The average Bonchev–Trinajstić information content (AvgIpc) is 2.66. The molecule has 6 heteroatoms. The predicted octanol–water partition coefficient (Wildman–Crippen LogP) is 2.41. The first-order valence-corrected chi connectivity index (χ1v) is 7.98. The monoisotopic (exact) mass is 330 g/mol. The van der Waals surface area contributed by atoms with Crippen LogP contribution in [0.4, 0.5) is 0 Å². The van der Waals surface area contributed by atoms with Crippen molar-refractivity contribution in [3.05, 3.63) is 77.6 Å². The third-order valence-electron chi connectivity index (χ3n) is 3.74. The van der Waals surface area contributed by atoms with Gasteiger partial charge < -0.3 is 10.6 Å². The highest BCUT2D eigenvalue weighted by Gasteiger charge is 2.17. The molecule has 0 aliphatic carbocycles. The van der Waals surface area contributed by atoms with Crippen molar-refractivity contribution in [2.24, 2.45) is 4.99 Å². The third-order valence-corrected chi connectivity index (χ3v) is 3.74. The van der Waals surface area contributed by atoms with Crippen molar-refractivity contribution in [3.8, 4) is 6.07 Å². The number of nitrogens with one attached hydrogen (secondary N) is 2. The van der Waals surface area contributed by atoms with Gasteiger partial charge in [-0.3, -0.25) is 15.0 Å². The Morgan fingerprint density at radius 2 is 2.16 bits per heavy atom. The molecule has 3 rings (SSSR count). The summed E-state index contributed by atoms with van der Waals surface area (Å²) in [6, 6.07) is 11.7. The third kappa shape index (κ3) is 4.09. The summed E-state index contributed by atoms with van der Waals surface area (Å²) in [6.45, 7) is 2.55. The smallest absolute Gasteiger partial charge is 0.199 e. The Bertz CT molecular complexity index is 860. The Kier molecular flexibility index (Phi) is 5.17. The van der Waals surface area contributed by atoms with Gasteiger partial charge in [-0.1, -0.05) is 12.1 Å². The molecule has 0 unspecified atom stereocenters. The summed E-state index contributed by atoms with van der Waals surface area (Å²) in [5.74, 6) is 0.619. The van der Waals surface area contributed by atoms with Crippen molar-refractivity contribution in [2.45, 2.75) is 13.3 Å². The standard InChI is InChI=1S/C19H18N6/c1-14-12-24-19(23-10-7-15-5-4-8-21-13-15)25-18(14)16(11-20)17-6-2-3-9-22-17/h2-6,8-9,12-13H,7,10H2,1H3,(H2,23,24,25). The summed E-state index contributed by atoms with van der Waals surface area (Å²) >= 11 is 0. The van der Waals surface area contributed by atoms with E-state index in [1.165, 1.54) is 0 Å². The molecule has 3 heterocycles. The van der Waals surface area contributed by atoms with Gasteiger partial charge in [0.1, 0.15) is 11.6 Å². The lowest BCUT2D eigenvalue weighted by atomic mass is 10.1. The van der Waals surface area contributed by atoms with Gasteiger partial charge in [0.25, 0.3) is 0 Å². The number of guanidine groups is 1. The van der Waals surface area contributed by atoms with Crippen molar-refractivity contribution >= 4 is 11.5 Å². The van der Waals surface area contributed by atoms with Crippen LogP contribution >= 0.6 is 0 Å². The molecule has 0 atom stereocenters. The maximum atomic E-state index is 9.58. The molecule has 2 N–H and O–H groups in total. The fraction of sp³-hybridized carbons (Fsp3) is 0.158. The van der Waals surface area contributed by atoms with E-state index < -0.39 is 0 Å². The molecule has 0 aromatic carbocycles. The van der Waals surface area contributed by atoms with E-state index in [2.05, 4.69) is 31.7 Å².